The first kappa shape index (κ1) is 19.3. The lowest BCUT2D eigenvalue weighted by Crippen LogP contribution is -2.29. The summed E-state index contributed by atoms with van der Waals surface area (Å²) >= 11 is 0. The summed E-state index contributed by atoms with van der Waals surface area (Å²) in [4.78, 5) is 15.1. The summed E-state index contributed by atoms with van der Waals surface area (Å²) in [6.45, 7) is 6.37. The molecule has 1 N–H and O–H groups in total. The lowest BCUT2D eigenvalue weighted by molar-refractivity contribution is 0.0994. The van der Waals surface area contributed by atoms with E-state index in [1.807, 2.05) is 36.7 Å². The normalized spacial score (nSPS) is 14.3. The predicted octanol–water partition coefficient (Wildman–Crippen LogP) is 3.92. The maximum absolute atomic E-state index is 12.8. The van der Waals surface area contributed by atoms with E-state index in [0.29, 0.717) is 29.0 Å². The van der Waals surface area contributed by atoms with Gasteiger partial charge < -0.3 is 14.6 Å². The van der Waals surface area contributed by atoms with Crippen LogP contribution in [0.3, 0.4) is 0 Å². The molecular weight excluding hydrogens is 396 g/mol. The molecule has 1 aliphatic heterocycles. The zero-order valence-electron chi connectivity index (χ0n) is 17.6. The monoisotopic (exact) mass is 420 g/mol. The van der Waals surface area contributed by atoms with Crippen LogP contribution in [-0.2, 0) is 6.54 Å². The van der Waals surface area contributed by atoms with Crippen molar-refractivity contribution in [3.8, 4) is 0 Å². The highest BCUT2D eigenvalue weighted by Crippen LogP contribution is 2.32. The van der Waals surface area contributed by atoms with Gasteiger partial charge in [0.2, 0.25) is 0 Å². The number of carbonyl (C=O) groups is 1. The second kappa shape index (κ2) is 7.90. The first-order valence-electron chi connectivity index (χ1n) is 10.5. The van der Waals surface area contributed by atoms with Gasteiger partial charge in [-0.25, -0.2) is 4.63 Å². The van der Waals surface area contributed by atoms with Crippen LogP contribution in [0.2, 0.25) is 0 Å². The average Bonchev–Trinajstić information content (AvgIpc) is 3.50. The number of piperidine rings is 1. The molecule has 0 radical (unpaired) electrons. The smallest absolute Gasteiger partial charge is 0.291 e. The van der Waals surface area contributed by atoms with Crippen LogP contribution in [-0.4, -0.2) is 39.1 Å². The molecule has 5 rings (SSSR count). The molecule has 9 heteroatoms. The van der Waals surface area contributed by atoms with Crippen LogP contribution in [0.25, 0.3) is 11.0 Å². The fraction of sp³-hybridized carbons (Fsp3) is 0.364. The Kier molecular flexibility index (Phi) is 4.93. The Hall–Kier alpha value is -3.62. The van der Waals surface area contributed by atoms with Gasteiger partial charge in [-0.15, -0.1) is 0 Å². The van der Waals surface area contributed by atoms with E-state index in [2.05, 4.69) is 25.6 Å². The van der Waals surface area contributed by atoms with E-state index in [9.17, 15) is 4.79 Å². The van der Waals surface area contributed by atoms with Crippen molar-refractivity contribution >= 4 is 28.3 Å². The van der Waals surface area contributed by atoms with Gasteiger partial charge in [0, 0.05) is 18.8 Å². The Morgan fingerprint density at radius 2 is 1.87 bits per heavy atom. The molecular formula is C22H24N6O3. The quantitative estimate of drug-likeness (QED) is 0.522. The molecule has 160 valence electrons. The third-order valence-corrected chi connectivity index (χ3v) is 5.63. The van der Waals surface area contributed by atoms with E-state index in [-0.39, 0.29) is 11.7 Å². The molecule has 3 aromatic heterocycles. The highest BCUT2D eigenvalue weighted by Gasteiger charge is 2.20. The molecule has 9 nitrogen and oxygen atoms in total. The molecule has 0 atom stereocenters. The maximum atomic E-state index is 12.8. The average molecular weight is 420 g/mol. The van der Waals surface area contributed by atoms with Crippen LogP contribution in [0.15, 0.2) is 39.4 Å². The van der Waals surface area contributed by atoms with Gasteiger partial charge in [0.25, 0.3) is 5.91 Å². The van der Waals surface area contributed by atoms with Crippen molar-refractivity contribution in [3.63, 3.8) is 0 Å². The number of nitrogens with zero attached hydrogens (tertiary/aromatic N) is 5. The Bertz CT molecular complexity index is 1230. The molecule has 1 aliphatic rings. The number of hydrogen-bond donors (Lipinski definition) is 1. The van der Waals surface area contributed by atoms with E-state index >= 15 is 0 Å². The van der Waals surface area contributed by atoms with E-state index in [1.165, 1.54) is 6.42 Å². The summed E-state index contributed by atoms with van der Waals surface area (Å²) in [6.07, 6.45) is 3.56. The number of aryl methyl sites for hydroxylation is 2. The van der Waals surface area contributed by atoms with Crippen LogP contribution in [0.4, 0.5) is 11.4 Å². The van der Waals surface area contributed by atoms with E-state index in [0.717, 1.165) is 43.0 Å². The minimum atomic E-state index is -0.352. The molecule has 0 bridgehead atoms. The molecule has 0 unspecified atom stereocenters. The number of benzene rings is 1. The molecule has 1 amide bonds. The van der Waals surface area contributed by atoms with Crippen molar-refractivity contribution in [2.75, 3.05) is 23.3 Å². The Balaban J connectivity index is 1.34. The number of anilines is 2. The van der Waals surface area contributed by atoms with Crippen molar-refractivity contribution < 1.29 is 13.8 Å². The van der Waals surface area contributed by atoms with Crippen molar-refractivity contribution in [2.24, 2.45) is 0 Å². The number of amides is 1. The van der Waals surface area contributed by atoms with Crippen LogP contribution >= 0.6 is 0 Å². The van der Waals surface area contributed by atoms with Gasteiger partial charge >= 0.3 is 0 Å². The highest BCUT2D eigenvalue weighted by atomic mass is 16.6. The molecule has 4 aromatic rings. The first-order chi connectivity index (χ1) is 15.1. The number of carbonyl (C=O) groups excluding carboxylic acids is 1. The molecule has 1 aromatic carbocycles. The van der Waals surface area contributed by atoms with E-state index in [1.54, 1.807) is 12.1 Å². The second-order valence-electron chi connectivity index (χ2n) is 7.95. The Morgan fingerprint density at radius 3 is 2.65 bits per heavy atom. The van der Waals surface area contributed by atoms with Gasteiger partial charge in [-0.3, -0.25) is 9.48 Å². The van der Waals surface area contributed by atoms with Crippen molar-refractivity contribution in [1.29, 1.82) is 0 Å². The maximum Gasteiger partial charge on any atom is 0.291 e. The fourth-order valence-corrected chi connectivity index (χ4v) is 4.10. The number of rotatable bonds is 5. The molecule has 1 saturated heterocycles. The summed E-state index contributed by atoms with van der Waals surface area (Å²) in [5, 5.41) is 15.4. The molecule has 0 spiro atoms. The van der Waals surface area contributed by atoms with Crippen molar-refractivity contribution in [2.45, 2.75) is 39.7 Å². The van der Waals surface area contributed by atoms with Gasteiger partial charge in [-0.05, 0) is 73.8 Å². The number of hydrogen-bond acceptors (Lipinski definition) is 7. The molecule has 31 heavy (non-hydrogen) atoms. The molecule has 1 fully saturated rings. The molecule has 0 aliphatic carbocycles. The number of furan rings is 1. The van der Waals surface area contributed by atoms with Crippen LogP contribution < -0.4 is 10.2 Å². The fourth-order valence-electron chi connectivity index (χ4n) is 4.10. The lowest BCUT2D eigenvalue weighted by Gasteiger charge is -2.28. The van der Waals surface area contributed by atoms with Gasteiger partial charge in [0.1, 0.15) is 5.76 Å². The van der Waals surface area contributed by atoms with Crippen LogP contribution in [0.1, 0.15) is 47.0 Å². The number of aromatic nitrogens is 4. The zero-order chi connectivity index (χ0) is 21.4. The van der Waals surface area contributed by atoms with Gasteiger partial charge in [-0.2, -0.15) is 5.10 Å². The van der Waals surface area contributed by atoms with E-state index < -0.39 is 0 Å². The zero-order valence-corrected chi connectivity index (χ0v) is 17.6. The summed E-state index contributed by atoms with van der Waals surface area (Å²) in [7, 11) is 0. The topological polar surface area (TPSA) is 102 Å². The Labute approximate surface area is 179 Å². The largest absolute Gasteiger partial charge is 0.454 e. The lowest BCUT2D eigenvalue weighted by atomic mass is 10.1. The summed E-state index contributed by atoms with van der Waals surface area (Å²) in [6, 6.07) is 9.26. The number of fused-ring (bicyclic) bond motifs is 1. The SMILES string of the molecule is Cc1cc(C)n(Cc2ccc(C(=O)Nc3ccc(N4CCCCC4)c4nonc34)o2)n1. The minimum absolute atomic E-state index is 0.223. The third kappa shape index (κ3) is 3.78. The predicted molar refractivity (Wildman–Crippen MR) is 115 cm³/mol. The van der Waals surface area contributed by atoms with Crippen LogP contribution in [0.5, 0.6) is 0 Å². The van der Waals surface area contributed by atoms with Crippen molar-refractivity contribution in [1.82, 2.24) is 20.1 Å². The molecule has 0 saturated carbocycles. The highest BCUT2D eigenvalue weighted by molar-refractivity contribution is 6.08. The van der Waals surface area contributed by atoms with Crippen LogP contribution in [0, 0.1) is 13.8 Å². The van der Waals surface area contributed by atoms with Crippen molar-refractivity contribution in [3.05, 3.63) is 53.2 Å². The molecule has 4 heterocycles. The van der Waals surface area contributed by atoms with Gasteiger partial charge in [0.05, 0.1) is 23.6 Å². The summed E-state index contributed by atoms with van der Waals surface area (Å²) in [5.41, 5.74) is 4.70. The van der Waals surface area contributed by atoms with E-state index in [4.69, 9.17) is 9.05 Å². The standard InChI is InChI=1S/C22H24N6O3/c1-14-12-15(2)28(24-14)13-16-6-9-19(30-16)22(29)23-17-7-8-18(21-20(17)25-31-26-21)27-10-4-3-5-11-27/h6-9,12H,3-5,10-11,13H2,1-2H3,(H,23,29). The third-order valence-electron chi connectivity index (χ3n) is 5.63. The minimum Gasteiger partial charge on any atom is -0.454 e. The summed E-state index contributed by atoms with van der Waals surface area (Å²) in [5.74, 6) is 0.529. The number of nitrogens with one attached hydrogen (secondary N) is 1. The first-order valence-corrected chi connectivity index (χ1v) is 10.5. The second-order valence-corrected chi connectivity index (χ2v) is 7.95. The van der Waals surface area contributed by atoms with Gasteiger partial charge in [-0.1, -0.05) is 0 Å². The Morgan fingerprint density at radius 1 is 1.06 bits per heavy atom. The summed E-state index contributed by atoms with van der Waals surface area (Å²) < 4.78 is 12.6. The van der Waals surface area contributed by atoms with Gasteiger partial charge in [0.15, 0.2) is 16.8 Å².